The molecule has 0 saturated heterocycles. The van der Waals surface area contributed by atoms with Crippen molar-refractivity contribution in [2.45, 2.75) is 25.7 Å². The van der Waals surface area contributed by atoms with E-state index in [4.69, 9.17) is 5.11 Å². The van der Waals surface area contributed by atoms with Gasteiger partial charge in [-0.3, -0.25) is 9.59 Å². The monoisotopic (exact) mass is 156 g/mol. The van der Waals surface area contributed by atoms with Gasteiger partial charge in [0.1, 0.15) is 0 Å². The first kappa shape index (κ1) is 9.88. The molecule has 0 radical (unpaired) electrons. The van der Waals surface area contributed by atoms with Crippen molar-refractivity contribution in [3.63, 3.8) is 0 Å². The Morgan fingerprint density at radius 1 is 1.18 bits per heavy atom. The van der Waals surface area contributed by atoms with Gasteiger partial charge in [-0.15, -0.1) is 0 Å². The van der Waals surface area contributed by atoms with Crippen molar-refractivity contribution in [1.82, 2.24) is 0 Å². The van der Waals surface area contributed by atoms with Gasteiger partial charge >= 0.3 is 0 Å². The average Bonchev–Trinajstić information content (AvgIpc) is 1.97. The third-order valence-corrected chi connectivity index (χ3v) is 1.37. The molecule has 0 amide bonds. The zero-order chi connectivity index (χ0) is 8.69. The van der Waals surface area contributed by atoms with Gasteiger partial charge < -0.3 is 5.11 Å². The second-order valence-electron chi connectivity index (χ2n) is 2.24. The summed E-state index contributed by atoms with van der Waals surface area (Å²) in [5.74, 6) is -0.340. The summed E-state index contributed by atoms with van der Waals surface area (Å²) in [6, 6.07) is 0. The normalized spacial score (nSPS) is 16.7. The van der Waals surface area contributed by atoms with E-state index >= 15 is 0 Å². The zero-order valence-corrected chi connectivity index (χ0v) is 6.38. The Morgan fingerprint density at radius 3 is 1.64 bits per heavy atom. The van der Waals surface area contributed by atoms with E-state index in [0.717, 1.165) is 19.1 Å². The number of hydrogen-bond acceptors (Lipinski definition) is 3. The minimum atomic E-state index is -0.170. The molecule has 62 valence electrons. The molecule has 11 heavy (non-hydrogen) atoms. The van der Waals surface area contributed by atoms with Crippen LogP contribution in [0.1, 0.15) is 25.7 Å². The third kappa shape index (κ3) is 4.31. The van der Waals surface area contributed by atoms with E-state index in [1.54, 1.807) is 0 Å². The molecule has 1 rings (SSSR count). The summed E-state index contributed by atoms with van der Waals surface area (Å²) >= 11 is 0. The molecule has 1 fully saturated rings. The van der Waals surface area contributed by atoms with Crippen LogP contribution >= 0.6 is 0 Å². The number of ketones is 2. The van der Waals surface area contributed by atoms with E-state index in [0.29, 0.717) is 12.8 Å². The van der Waals surface area contributed by atoms with Crippen LogP contribution in [0.4, 0.5) is 0 Å². The van der Waals surface area contributed by atoms with Gasteiger partial charge in [-0.2, -0.15) is 0 Å². The molecule has 0 aromatic carbocycles. The van der Waals surface area contributed by atoms with Gasteiger partial charge in [0.25, 0.3) is 0 Å². The summed E-state index contributed by atoms with van der Waals surface area (Å²) in [6.45, 7) is 2.92. The van der Waals surface area contributed by atoms with Crippen LogP contribution in [0, 0.1) is 0 Å². The van der Waals surface area contributed by atoms with Crippen LogP contribution in [0.15, 0.2) is 12.8 Å². The number of Topliss-reactive ketones (excluding diaryl/α,β-unsaturated/α-hetero) is 2. The highest BCUT2D eigenvalue weighted by molar-refractivity contribution is 6.37. The fourth-order valence-corrected chi connectivity index (χ4v) is 0.850. The van der Waals surface area contributed by atoms with Crippen LogP contribution in [0.25, 0.3) is 0 Å². The van der Waals surface area contributed by atoms with E-state index in [9.17, 15) is 9.59 Å². The lowest BCUT2D eigenvalue weighted by Crippen LogP contribution is -2.17. The Kier molecular flexibility index (Phi) is 5.07. The maximum Gasteiger partial charge on any atom is 0.198 e. The number of rotatable bonds is 0. The number of aliphatic hydroxyl groups is 1. The first-order chi connectivity index (χ1) is 5.22. The average molecular weight is 156 g/mol. The van der Waals surface area contributed by atoms with Gasteiger partial charge in [0, 0.05) is 12.8 Å². The fourth-order valence-electron chi connectivity index (χ4n) is 0.850. The number of hydrogen-bond donors (Lipinski definition) is 1. The molecule has 0 unspecified atom stereocenters. The molecule has 0 aliphatic heterocycles. The molecular formula is C8H12O3. The standard InChI is InChI=1S/C6H8O2.C2H4O/c7-5-3-1-2-4-6(5)8;1-2-3/h1-4H2;2-3H,1H2. The van der Waals surface area contributed by atoms with Gasteiger partial charge in [0.2, 0.25) is 0 Å². The fraction of sp³-hybridized carbons (Fsp3) is 0.500. The van der Waals surface area contributed by atoms with E-state index in [1.807, 2.05) is 0 Å². The minimum absolute atomic E-state index is 0.170. The van der Waals surface area contributed by atoms with Crippen molar-refractivity contribution in [1.29, 1.82) is 0 Å². The van der Waals surface area contributed by atoms with Crippen LogP contribution in [0.3, 0.4) is 0 Å². The molecule has 3 heteroatoms. The van der Waals surface area contributed by atoms with Gasteiger partial charge in [-0.25, -0.2) is 0 Å². The lowest BCUT2D eigenvalue weighted by Gasteiger charge is -2.04. The summed E-state index contributed by atoms with van der Waals surface area (Å²) in [5, 5.41) is 7.33. The molecule has 1 saturated carbocycles. The Morgan fingerprint density at radius 2 is 1.45 bits per heavy atom. The molecule has 0 spiro atoms. The Bertz CT molecular complexity index is 145. The predicted molar refractivity (Wildman–Crippen MR) is 41.3 cm³/mol. The molecule has 0 atom stereocenters. The molecule has 1 aliphatic rings. The Hall–Kier alpha value is -1.12. The number of carbonyl (C=O) groups is 2. The molecule has 3 nitrogen and oxygen atoms in total. The molecule has 1 N–H and O–H groups in total. The SMILES string of the molecule is C=CO.O=C1CCCCC1=O. The van der Waals surface area contributed by atoms with Crippen molar-refractivity contribution >= 4 is 11.6 Å². The number of carbonyl (C=O) groups excluding carboxylic acids is 2. The summed E-state index contributed by atoms with van der Waals surface area (Å²) in [6.07, 6.45) is 3.53. The van der Waals surface area contributed by atoms with Crippen LogP contribution in [-0.4, -0.2) is 16.7 Å². The molecule has 0 aromatic heterocycles. The highest BCUT2D eigenvalue weighted by atomic mass is 16.2. The van der Waals surface area contributed by atoms with E-state index in [-0.39, 0.29) is 11.6 Å². The van der Waals surface area contributed by atoms with Gasteiger partial charge in [0.15, 0.2) is 11.6 Å². The van der Waals surface area contributed by atoms with Crippen molar-refractivity contribution in [2.75, 3.05) is 0 Å². The largest absolute Gasteiger partial charge is 0.516 e. The predicted octanol–water partition coefficient (Wildman–Crippen LogP) is 1.39. The van der Waals surface area contributed by atoms with Gasteiger partial charge in [0.05, 0.1) is 6.26 Å². The summed E-state index contributed by atoms with van der Waals surface area (Å²) in [7, 11) is 0. The first-order valence-corrected chi connectivity index (χ1v) is 3.53. The zero-order valence-electron chi connectivity index (χ0n) is 6.38. The molecule has 0 heterocycles. The summed E-state index contributed by atoms with van der Waals surface area (Å²) < 4.78 is 0. The lowest BCUT2D eigenvalue weighted by molar-refractivity contribution is -0.137. The van der Waals surface area contributed by atoms with Gasteiger partial charge in [-0.1, -0.05) is 6.58 Å². The Balaban J connectivity index is 0.000000292. The molecular weight excluding hydrogens is 144 g/mol. The van der Waals surface area contributed by atoms with E-state index in [2.05, 4.69) is 6.58 Å². The molecule has 0 aromatic rings. The van der Waals surface area contributed by atoms with Crippen LogP contribution in [0.2, 0.25) is 0 Å². The van der Waals surface area contributed by atoms with Crippen molar-refractivity contribution in [3.8, 4) is 0 Å². The Labute approximate surface area is 65.7 Å². The lowest BCUT2D eigenvalue weighted by atomic mass is 9.98. The highest BCUT2D eigenvalue weighted by Gasteiger charge is 2.16. The second-order valence-corrected chi connectivity index (χ2v) is 2.24. The summed E-state index contributed by atoms with van der Waals surface area (Å²) in [4.78, 5) is 20.9. The highest BCUT2D eigenvalue weighted by Crippen LogP contribution is 2.09. The van der Waals surface area contributed by atoms with E-state index in [1.165, 1.54) is 0 Å². The van der Waals surface area contributed by atoms with Crippen molar-refractivity contribution in [2.24, 2.45) is 0 Å². The molecule has 0 bridgehead atoms. The second kappa shape index (κ2) is 5.65. The maximum atomic E-state index is 10.4. The topological polar surface area (TPSA) is 54.4 Å². The number of aliphatic hydroxyl groups excluding tert-OH is 1. The van der Waals surface area contributed by atoms with E-state index < -0.39 is 0 Å². The quantitative estimate of drug-likeness (QED) is 0.426. The van der Waals surface area contributed by atoms with Crippen molar-refractivity contribution in [3.05, 3.63) is 12.8 Å². The van der Waals surface area contributed by atoms with Crippen LogP contribution in [0.5, 0.6) is 0 Å². The summed E-state index contributed by atoms with van der Waals surface area (Å²) in [5.41, 5.74) is 0. The van der Waals surface area contributed by atoms with Crippen LogP contribution in [-0.2, 0) is 9.59 Å². The first-order valence-electron chi connectivity index (χ1n) is 3.53. The third-order valence-electron chi connectivity index (χ3n) is 1.37. The molecule has 1 aliphatic carbocycles. The minimum Gasteiger partial charge on any atom is -0.516 e. The smallest absolute Gasteiger partial charge is 0.198 e. The van der Waals surface area contributed by atoms with Crippen molar-refractivity contribution < 1.29 is 14.7 Å². The van der Waals surface area contributed by atoms with Crippen LogP contribution < -0.4 is 0 Å². The maximum absolute atomic E-state index is 10.4. The van der Waals surface area contributed by atoms with Gasteiger partial charge in [-0.05, 0) is 12.8 Å².